The minimum Gasteiger partial charge on any atom is -0.444 e. The number of nitrogens with zero attached hydrogens (tertiary/aromatic N) is 1. The first-order chi connectivity index (χ1) is 12.0. The molecule has 3 fully saturated rings. The fourth-order valence-electron chi connectivity index (χ4n) is 4.18. The summed E-state index contributed by atoms with van der Waals surface area (Å²) < 4.78 is 44.3. The Balaban J connectivity index is 1.61. The molecule has 2 saturated carbocycles. The number of ether oxygens (including phenoxy) is 1. The van der Waals surface area contributed by atoms with Crippen molar-refractivity contribution in [2.75, 3.05) is 0 Å². The number of carbonyl (C=O) groups excluding carboxylic acids is 2. The maximum absolute atomic E-state index is 13.0. The van der Waals surface area contributed by atoms with Crippen molar-refractivity contribution in [1.29, 1.82) is 0 Å². The topological polar surface area (TPSA) is 58.6 Å². The average Bonchev–Trinajstić information content (AvgIpc) is 3.14. The molecule has 0 aromatic rings. The predicted molar refractivity (Wildman–Crippen MR) is 88.3 cm³/mol. The second kappa shape index (κ2) is 6.60. The van der Waals surface area contributed by atoms with Crippen LogP contribution >= 0.6 is 0 Å². The van der Waals surface area contributed by atoms with E-state index in [1.54, 1.807) is 20.8 Å². The van der Waals surface area contributed by atoms with Crippen molar-refractivity contribution in [1.82, 2.24) is 10.2 Å². The number of nitrogens with one attached hydrogen (secondary N) is 1. The first-order valence-corrected chi connectivity index (χ1v) is 9.34. The van der Waals surface area contributed by atoms with Gasteiger partial charge in [0.25, 0.3) is 0 Å². The van der Waals surface area contributed by atoms with E-state index >= 15 is 0 Å². The molecule has 148 valence electrons. The highest BCUT2D eigenvalue weighted by Gasteiger charge is 2.57. The summed E-state index contributed by atoms with van der Waals surface area (Å²) in [4.78, 5) is 26.6. The van der Waals surface area contributed by atoms with Crippen molar-refractivity contribution in [3.63, 3.8) is 0 Å². The zero-order chi connectivity index (χ0) is 19.3. The summed E-state index contributed by atoms with van der Waals surface area (Å²) in [6.07, 6.45) is -2.28. The van der Waals surface area contributed by atoms with Crippen LogP contribution in [0.5, 0.6) is 0 Å². The van der Waals surface area contributed by atoms with Gasteiger partial charge in [-0.25, -0.2) is 4.79 Å². The zero-order valence-corrected chi connectivity index (χ0v) is 15.4. The molecular formula is C18H27F3N2O3. The van der Waals surface area contributed by atoms with E-state index in [-0.39, 0.29) is 24.8 Å². The number of likely N-dealkylation sites (tertiary alicyclic amines) is 1. The van der Waals surface area contributed by atoms with Crippen LogP contribution in [0.2, 0.25) is 0 Å². The van der Waals surface area contributed by atoms with E-state index in [4.69, 9.17) is 4.74 Å². The largest absolute Gasteiger partial charge is 0.444 e. The molecule has 0 aromatic heterocycles. The Kier molecular flexibility index (Phi) is 4.90. The smallest absolute Gasteiger partial charge is 0.411 e. The maximum atomic E-state index is 13.0. The highest BCUT2D eigenvalue weighted by molar-refractivity contribution is 5.87. The molecule has 1 N–H and O–H groups in total. The van der Waals surface area contributed by atoms with E-state index in [0.29, 0.717) is 25.2 Å². The summed E-state index contributed by atoms with van der Waals surface area (Å²) in [5, 5.41) is 2.76. The molecule has 5 atom stereocenters. The molecule has 1 saturated heterocycles. The quantitative estimate of drug-likeness (QED) is 0.801. The van der Waals surface area contributed by atoms with Gasteiger partial charge in [-0.3, -0.25) is 9.69 Å². The van der Waals surface area contributed by atoms with Crippen LogP contribution in [0, 0.1) is 11.8 Å². The first-order valence-electron chi connectivity index (χ1n) is 9.34. The van der Waals surface area contributed by atoms with Crippen molar-refractivity contribution >= 4 is 12.0 Å². The number of piperidine rings is 1. The van der Waals surface area contributed by atoms with E-state index in [2.05, 4.69) is 5.32 Å². The summed E-state index contributed by atoms with van der Waals surface area (Å²) in [6.45, 7) is 5.29. The SMILES string of the molecule is CC(C)(C)OC(=O)N1[C@@H]2C[C@@H]2C[C@H]1C(=O)N[C@@H]1CCC[C@H](C(F)(F)F)C1. The molecule has 8 heteroatoms. The minimum absolute atomic E-state index is 0.0230. The van der Waals surface area contributed by atoms with Gasteiger partial charge in [-0.2, -0.15) is 13.2 Å². The third-order valence-electron chi connectivity index (χ3n) is 5.49. The standard InChI is InChI=1S/C18H27F3N2O3/c1-17(2,3)26-16(25)23-13-7-10(13)8-14(23)15(24)22-12-6-4-5-11(9-12)18(19,20)21/h10-14H,4-9H2,1-3H3,(H,22,24)/t10-,11+,12-,13-,14+/m1/s1. The van der Waals surface area contributed by atoms with E-state index in [9.17, 15) is 22.8 Å². The third-order valence-corrected chi connectivity index (χ3v) is 5.49. The fraction of sp³-hybridized carbons (Fsp3) is 0.889. The molecule has 26 heavy (non-hydrogen) atoms. The second-order valence-corrected chi connectivity index (χ2v) is 8.81. The lowest BCUT2D eigenvalue weighted by Gasteiger charge is -2.34. The maximum Gasteiger partial charge on any atom is 0.411 e. The normalized spacial score (nSPS) is 34.2. The number of rotatable bonds is 2. The van der Waals surface area contributed by atoms with Gasteiger partial charge in [-0.15, -0.1) is 0 Å². The lowest BCUT2D eigenvalue weighted by molar-refractivity contribution is -0.184. The highest BCUT2D eigenvalue weighted by atomic mass is 19.4. The van der Waals surface area contributed by atoms with Gasteiger partial charge in [-0.1, -0.05) is 6.42 Å². The van der Waals surface area contributed by atoms with Crippen molar-refractivity contribution in [2.45, 2.75) is 89.2 Å². The Bertz CT molecular complexity index is 573. The van der Waals surface area contributed by atoms with Gasteiger partial charge in [0.15, 0.2) is 0 Å². The lowest BCUT2D eigenvalue weighted by Crippen LogP contribution is -2.52. The zero-order valence-electron chi connectivity index (χ0n) is 15.4. The summed E-state index contributed by atoms with van der Waals surface area (Å²) in [5.41, 5.74) is -0.658. The molecule has 0 unspecified atom stereocenters. The Labute approximate surface area is 151 Å². The molecule has 1 aliphatic heterocycles. The van der Waals surface area contributed by atoms with Crippen LogP contribution in [0.25, 0.3) is 0 Å². The van der Waals surface area contributed by atoms with Crippen LogP contribution in [0.3, 0.4) is 0 Å². The number of amides is 2. The molecule has 0 radical (unpaired) electrons. The molecule has 2 amide bonds. The molecule has 0 aromatic carbocycles. The highest BCUT2D eigenvalue weighted by Crippen LogP contribution is 2.48. The molecule has 5 nitrogen and oxygen atoms in total. The monoisotopic (exact) mass is 376 g/mol. The summed E-state index contributed by atoms with van der Waals surface area (Å²) >= 11 is 0. The summed E-state index contributed by atoms with van der Waals surface area (Å²) in [5.74, 6) is -1.41. The Morgan fingerprint density at radius 2 is 1.77 bits per heavy atom. The van der Waals surface area contributed by atoms with Gasteiger partial charge >= 0.3 is 12.3 Å². The van der Waals surface area contributed by atoms with Crippen LogP contribution in [0.4, 0.5) is 18.0 Å². The summed E-state index contributed by atoms with van der Waals surface area (Å²) in [6, 6.07) is -1.10. The summed E-state index contributed by atoms with van der Waals surface area (Å²) in [7, 11) is 0. The van der Waals surface area contributed by atoms with Crippen molar-refractivity contribution in [2.24, 2.45) is 11.8 Å². The third kappa shape index (κ3) is 4.26. The molecule has 0 bridgehead atoms. The Morgan fingerprint density at radius 1 is 1.08 bits per heavy atom. The van der Waals surface area contributed by atoms with Crippen LogP contribution in [0.15, 0.2) is 0 Å². The van der Waals surface area contributed by atoms with Crippen LogP contribution in [-0.2, 0) is 9.53 Å². The molecule has 1 heterocycles. The van der Waals surface area contributed by atoms with Crippen molar-refractivity contribution < 1.29 is 27.5 Å². The van der Waals surface area contributed by atoms with Crippen molar-refractivity contribution in [3.8, 4) is 0 Å². The van der Waals surface area contributed by atoms with Crippen LogP contribution in [0.1, 0.15) is 59.3 Å². The lowest BCUT2D eigenvalue weighted by atomic mass is 9.85. The van der Waals surface area contributed by atoms with Gasteiger partial charge in [0, 0.05) is 12.1 Å². The Hall–Kier alpha value is -1.47. The molecule has 3 aliphatic rings. The second-order valence-electron chi connectivity index (χ2n) is 8.81. The number of fused-ring (bicyclic) bond motifs is 1. The molecule has 2 aliphatic carbocycles. The van der Waals surface area contributed by atoms with Gasteiger partial charge in [0.1, 0.15) is 11.6 Å². The first kappa shape index (κ1) is 19.3. The van der Waals surface area contributed by atoms with E-state index < -0.39 is 35.9 Å². The average molecular weight is 376 g/mol. The Morgan fingerprint density at radius 3 is 2.38 bits per heavy atom. The molecule has 3 rings (SSSR count). The number of hydrogen-bond acceptors (Lipinski definition) is 3. The van der Waals surface area contributed by atoms with Crippen molar-refractivity contribution in [3.05, 3.63) is 0 Å². The van der Waals surface area contributed by atoms with E-state index in [1.807, 2.05) is 0 Å². The molecular weight excluding hydrogens is 349 g/mol. The van der Waals surface area contributed by atoms with E-state index in [0.717, 1.165) is 6.42 Å². The van der Waals surface area contributed by atoms with Gasteiger partial charge in [0.2, 0.25) is 5.91 Å². The van der Waals surface area contributed by atoms with E-state index in [1.165, 1.54) is 4.90 Å². The van der Waals surface area contributed by atoms with Gasteiger partial charge in [0.05, 0.1) is 5.92 Å². The number of hydrogen-bond donors (Lipinski definition) is 1. The number of alkyl halides is 3. The van der Waals surface area contributed by atoms with Gasteiger partial charge < -0.3 is 10.1 Å². The van der Waals surface area contributed by atoms with Crippen LogP contribution < -0.4 is 5.32 Å². The number of halogens is 3. The predicted octanol–water partition coefficient (Wildman–Crippen LogP) is 3.62. The molecule has 0 spiro atoms. The minimum atomic E-state index is -4.22. The number of carbonyl (C=O) groups is 2. The fourth-order valence-corrected chi connectivity index (χ4v) is 4.18. The van der Waals surface area contributed by atoms with Crippen LogP contribution in [-0.4, -0.2) is 46.8 Å². The van der Waals surface area contributed by atoms with Gasteiger partial charge in [-0.05, 0) is 58.8 Å².